The van der Waals surface area contributed by atoms with Gasteiger partial charge in [-0.1, -0.05) is 6.07 Å². The van der Waals surface area contributed by atoms with E-state index in [9.17, 15) is 4.39 Å². The van der Waals surface area contributed by atoms with Gasteiger partial charge in [-0.3, -0.25) is 9.80 Å². The number of aromatic nitrogens is 2. The molecule has 6 heteroatoms. The number of pyridine rings is 1. The summed E-state index contributed by atoms with van der Waals surface area (Å²) in [5.41, 5.74) is 3.14. The zero-order chi connectivity index (χ0) is 17.9. The molecule has 0 N–H and O–H groups in total. The summed E-state index contributed by atoms with van der Waals surface area (Å²) in [5, 5.41) is 8.99. The Labute approximate surface area is 151 Å². The van der Waals surface area contributed by atoms with E-state index in [2.05, 4.69) is 27.0 Å². The zero-order valence-corrected chi connectivity index (χ0v) is 14.5. The fraction of sp³-hybridized carbons (Fsp3) is 0.300. The van der Waals surface area contributed by atoms with E-state index in [0.717, 1.165) is 44.1 Å². The van der Waals surface area contributed by atoms with Crippen molar-refractivity contribution in [2.24, 2.45) is 0 Å². The first kappa shape index (κ1) is 16.7. The van der Waals surface area contributed by atoms with Crippen LogP contribution in [0.15, 0.2) is 48.8 Å². The maximum Gasteiger partial charge on any atom is 0.137 e. The predicted molar refractivity (Wildman–Crippen MR) is 96.9 cm³/mol. The molecule has 0 radical (unpaired) electrons. The maximum atomic E-state index is 14.0. The van der Waals surface area contributed by atoms with Gasteiger partial charge in [0.25, 0.3) is 0 Å². The van der Waals surface area contributed by atoms with Crippen molar-refractivity contribution >= 4 is 5.65 Å². The smallest absolute Gasteiger partial charge is 0.137 e. The number of fused-ring (bicyclic) bond motifs is 1. The van der Waals surface area contributed by atoms with Crippen LogP contribution in [0.3, 0.4) is 0 Å². The molecule has 0 spiro atoms. The van der Waals surface area contributed by atoms with Gasteiger partial charge in [0.2, 0.25) is 0 Å². The van der Waals surface area contributed by atoms with Gasteiger partial charge in [-0.2, -0.15) is 5.26 Å². The van der Waals surface area contributed by atoms with Crippen LogP contribution in [0.4, 0.5) is 4.39 Å². The lowest BCUT2D eigenvalue weighted by Crippen LogP contribution is -2.45. The molecule has 1 aliphatic heterocycles. The lowest BCUT2D eigenvalue weighted by Gasteiger charge is -2.34. The average molecular weight is 349 g/mol. The molecule has 0 unspecified atom stereocenters. The maximum absolute atomic E-state index is 14.0. The SMILES string of the molecule is N#Cc1ccc(F)c(CN2CCN(Cc3cn4ccccc4n3)CC2)c1. The fourth-order valence-corrected chi connectivity index (χ4v) is 3.40. The molecule has 3 aromatic rings. The first-order valence-corrected chi connectivity index (χ1v) is 8.77. The van der Waals surface area contributed by atoms with Crippen LogP contribution in [0.5, 0.6) is 0 Å². The molecule has 132 valence electrons. The summed E-state index contributed by atoms with van der Waals surface area (Å²) in [4.78, 5) is 9.26. The first-order valence-electron chi connectivity index (χ1n) is 8.77. The summed E-state index contributed by atoms with van der Waals surface area (Å²) >= 11 is 0. The van der Waals surface area contributed by atoms with E-state index < -0.39 is 0 Å². The van der Waals surface area contributed by atoms with Gasteiger partial charge in [0.1, 0.15) is 11.5 Å². The van der Waals surface area contributed by atoms with E-state index in [4.69, 9.17) is 5.26 Å². The molecule has 1 fully saturated rings. The molecule has 1 aromatic carbocycles. The van der Waals surface area contributed by atoms with Crippen LogP contribution in [-0.2, 0) is 13.1 Å². The topological polar surface area (TPSA) is 47.6 Å². The highest BCUT2D eigenvalue weighted by atomic mass is 19.1. The standard InChI is InChI=1S/C20H20FN5/c21-19-5-4-16(12-22)11-17(19)13-24-7-9-25(10-8-24)14-18-15-26-6-2-1-3-20(26)23-18/h1-6,11,15H,7-10,13-14H2. The second-order valence-corrected chi connectivity index (χ2v) is 6.67. The van der Waals surface area contributed by atoms with Gasteiger partial charge in [0.15, 0.2) is 0 Å². The van der Waals surface area contributed by atoms with Crippen LogP contribution >= 0.6 is 0 Å². The number of piperazine rings is 1. The summed E-state index contributed by atoms with van der Waals surface area (Å²) in [6.45, 7) is 4.98. The Balaban J connectivity index is 1.35. The number of imidazole rings is 1. The van der Waals surface area contributed by atoms with Gasteiger partial charge in [-0.25, -0.2) is 9.37 Å². The Morgan fingerprint density at radius 2 is 1.81 bits per heavy atom. The van der Waals surface area contributed by atoms with E-state index in [1.165, 1.54) is 12.1 Å². The second kappa shape index (κ2) is 7.24. The van der Waals surface area contributed by atoms with Crippen molar-refractivity contribution in [1.82, 2.24) is 19.2 Å². The molecule has 0 saturated carbocycles. The summed E-state index contributed by atoms with van der Waals surface area (Å²) < 4.78 is 16.0. The van der Waals surface area contributed by atoms with E-state index in [1.54, 1.807) is 6.07 Å². The Morgan fingerprint density at radius 3 is 2.54 bits per heavy atom. The van der Waals surface area contributed by atoms with Gasteiger partial charge < -0.3 is 4.40 Å². The monoisotopic (exact) mass is 349 g/mol. The largest absolute Gasteiger partial charge is 0.307 e. The third-order valence-electron chi connectivity index (χ3n) is 4.83. The Kier molecular flexibility index (Phi) is 4.65. The van der Waals surface area contributed by atoms with Crippen molar-refractivity contribution in [3.8, 4) is 6.07 Å². The lowest BCUT2D eigenvalue weighted by molar-refractivity contribution is 0.120. The average Bonchev–Trinajstić information content (AvgIpc) is 3.07. The molecule has 0 atom stereocenters. The molecular weight excluding hydrogens is 329 g/mol. The normalized spacial score (nSPS) is 16.0. The molecule has 3 heterocycles. The minimum absolute atomic E-state index is 0.240. The number of benzene rings is 1. The molecule has 1 saturated heterocycles. The molecule has 5 nitrogen and oxygen atoms in total. The summed E-state index contributed by atoms with van der Waals surface area (Å²) in [6, 6.07) is 12.6. The summed E-state index contributed by atoms with van der Waals surface area (Å²) in [5.74, 6) is -0.240. The van der Waals surface area contributed by atoms with Crippen LogP contribution in [-0.4, -0.2) is 45.4 Å². The molecule has 0 amide bonds. The van der Waals surface area contributed by atoms with Crippen molar-refractivity contribution in [3.63, 3.8) is 0 Å². The summed E-state index contributed by atoms with van der Waals surface area (Å²) in [6.07, 6.45) is 4.08. The Bertz CT molecular complexity index is 917. The molecule has 4 rings (SSSR count). The number of nitriles is 1. The first-order chi connectivity index (χ1) is 12.7. The number of rotatable bonds is 4. The molecule has 2 aromatic heterocycles. The zero-order valence-electron chi connectivity index (χ0n) is 14.5. The van der Waals surface area contributed by atoms with Crippen molar-refractivity contribution in [2.75, 3.05) is 26.2 Å². The predicted octanol–water partition coefficient (Wildman–Crippen LogP) is 2.66. The molecular formula is C20H20FN5. The third-order valence-corrected chi connectivity index (χ3v) is 4.83. The van der Waals surface area contributed by atoms with Crippen LogP contribution in [0.25, 0.3) is 5.65 Å². The highest BCUT2D eigenvalue weighted by molar-refractivity contribution is 5.39. The van der Waals surface area contributed by atoms with Crippen LogP contribution < -0.4 is 0 Å². The van der Waals surface area contributed by atoms with Crippen molar-refractivity contribution in [2.45, 2.75) is 13.1 Å². The number of hydrogen-bond donors (Lipinski definition) is 0. The van der Waals surface area contributed by atoms with E-state index >= 15 is 0 Å². The fourth-order valence-electron chi connectivity index (χ4n) is 3.40. The van der Waals surface area contributed by atoms with E-state index in [1.807, 2.05) is 28.8 Å². The van der Waals surface area contributed by atoms with Gasteiger partial charge in [-0.15, -0.1) is 0 Å². The van der Waals surface area contributed by atoms with Crippen molar-refractivity contribution in [3.05, 3.63) is 71.4 Å². The van der Waals surface area contributed by atoms with Crippen molar-refractivity contribution in [1.29, 1.82) is 5.26 Å². The molecule has 0 aliphatic carbocycles. The highest BCUT2D eigenvalue weighted by Gasteiger charge is 2.19. The number of hydrogen-bond acceptors (Lipinski definition) is 4. The van der Waals surface area contributed by atoms with Gasteiger partial charge in [0.05, 0.1) is 17.3 Å². The van der Waals surface area contributed by atoms with E-state index in [0.29, 0.717) is 17.7 Å². The quantitative estimate of drug-likeness (QED) is 0.727. The number of halogens is 1. The molecule has 0 bridgehead atoms. The minimum atomic E-state index is -0.240. The van der Waals surface area contributed by atoms with Crippen LogP contribution in [0, 0.1) is 17.1 Å². The lowest BCUT2D eigenvalue weighted by atomic mass is 10.1. The highest BCUT2D eigenvalue weighted by Crippen LogP contribution is 2.15. The third kappa shape index (κ3) is 3.59. The van der Waals surface area contributed by atoms with Gasteiger partial charge >= 0.3 is 0 Å². The van der Waals surface area contributed by atoms with E-state index in [-0.39, 0.29) is 5.82 Å². The van der Waals surface area contributed by atoms with Crippen LogP contribution in [0.2, 0.25) is 0 Å². The van der Waals surface area contributed by atoms with Gasteiger partial charge in [0, 0.05) is 57.2 Å². The Morgan fingerprint density at radius 1 is 1.04 bits per heavy atom. The minimum Gasteiger partial charge on any atom is -0.307 e. The second-order valence-electron chi connectivity index (χ2n) is 6.67. The van der Waals surface area contributed by atoms with Crippen LogP contribution in [0.1, 0.15) is 16.8 Å². The van der Waals surface area contributed by atoms with Crippen molar-refractivity contribution < 1.29 is 4.39 Å². The number of nitrogens with zero attached hydrogens (tertiary/aromatic N) is 5. The summed E-state index contributed by atoms with van der Waals surface area (Å²) in [7, 11) is 0. The molecule has 1 aliphatic rings. The Hall–Kier alpha value is -2.75. The van der Waals surface area contributed by atoms with Gasteiger partial charge in [-0.05, 0) is 30.3 Å². The molecule has 26 heavy (non-hydrogen) atoms.